The Morgan fingerprint density at radius 1 is 0.588 bits per heavy atom. The van der Waals surface area contributed by atoms with Crippen molar-refractivity contribution < 1.29 is 36.6 Å². The predicted molar refractivity (Wildman–Crippen MR) is 213 cm³/mol. The van der Waals surface area contributed by atoms with Crippen molar-refractivity contribution in [1.82, 2.24) is 0 Å². The summed E-state index contributed by atoms with van der Waals surface area (Å²) in [5, 5.41) is 28.4. The van der Waals surface area contributed by atoms with Crippen molar-refractivity contribution in [2.75, 3.05) is 0 Å². The third-order valence-corrected chi connectivity index (χ3v) is 9.07. The van der Waals surface area contributed by atoms with Crippen molar-refractivity contribution >= 4 is 28.8 Å². The van der Waals surface area contributed by atoms with E-state index in [1.807, 2.05) is 6.92 Å². The molecule has 0 saturated carbocycles. The Bertz CT molecular complexity index is 1440. The van der Waals surface area contributed by atoms with Gasteiger partial charge in [-0.1, -0.05) is 116 Å². The molecule has 0 unspecified atom stereocenters. The van der Waals surface area contributed by atoms with E-state index in [0.29, 0.717) is 18.4 Å². The number of carboxylic acid groups (broad SMARTS) is 1. The number of hydrogen-bond acceptors (Lipinski definition) is 5. The number of nitrogens with zero attached hydrogens (tertiary/aromatic N) is 2. The Kier molecular flexibility index (Phi) is 23.6. The number of aromatic hydroxyl groups is 2. The van der Waals surface area contributed by atoms with Gasteiger partial charge >= 0.3 is 5.97 Å². The average molecular weight is 744 g/mol. The molecule has 0 amide bonds. The molecule has 284 valence electrons. The second-order valence-corrected chi connectivity index (χ2v) is 13.2. The number of carbonyl (C=O) groups is 1. The maximum absolute atomic E-state index is 11.2. The molecule has 3 rings (SSSR count). The summed E-state index contributed by atoms with van der Waals surface area (Å²) in [6, 6.07) is 18.8. The molecular weight excluding hydrogens is 679 g/mol. The Morgan fingerprint density at radius 3 is 1.45 bits per heavy atom. The maximum Gasteiger partial charge on any atom is 0.339 e. The molecule has 3 aromatic rings. The topological polar surface area (TPSA) is 102 Å². The van der Waals surface area contributed by atoms with Crippen LogP contribution in [-0.4, -0.2) is 32.7 Å². The predicted octanol–water partition coefficient (Wildman–Crippen LogP) is 12.7. The van der Waals surface area contributed by atoms with Crippen LogP contribution in [0.15, 0.2) is 64.6 Å². The molecule has 51 heavy (non-hydrogen) atoms. The van der Waals surface area contributed by atoms with Crippen LogP contribution in [0.1, 0.15) is 158 Å². The summed E-state index contributed by atoms with van der Waals surface area (Å²) >= 11 is 0. The minimum absolute atomic E-state index is 0. The standard InChI is InChI=1S/C30H44N2.C14H20O4.Ni/c1-5-9-17-25-19-13-15-23-27(25)31-29(21-11-7-3)30(22-12-8-4)32-28-24-16-14-20-26(28)18-10-6-2;1-3-5-6-7-10-9(4-2)8-11(15)13(16)12(10)14(17)18;/h13-16,19-20,23-24H,5-12,17-18,21-22H2,1-4H3;8,15-16H,3-7H2,1-2H3,(H,17,18);. The van der Waals surface area contributed by atoms with Crippen LogP contribution in [-0.2, 0) is 42.2 Å². The summed E-state index contributed by atoms with van der Waals surface area (Å²) in [5.74, 6) is -2.07. The first-order valence-corrected chi connectivity index (χ1v) is 19.4. The molecule has 3 N–H and O–H groups in total. The van der Waals surface area contributed by atoms with Crippen LogP contribution in [0.4, 0.5) is 11.4 Å². The molecule has 0 radical (unpaired) electrons. The summed E-state index contributed by atoms with van der Waals surface area (Å²) in [4.78, 5) is 21.8. The van der Waals surface area contributed by atoms with Crippen molar-refractivity contribution in [3.8, 4) is 11.5 Å². The number of carboxylic acids is 1. The number of rotatable bonds is 21. The molecule has 0 aromatic heterocycles. The maximum atomic E-state index is 11.2. The Labute approximate surface area is 318 Å². The molecule has 3 aromatic carbocycles. The molecule has 0 atom stereocenters. The van der Waals surface area contributed by atoms with E-state index in [4.69, 9.17) is 9.98 Å². The van der Waals surface area contributed by atoms with Gasteiger partial charge in [-0.15, -0.1) is 0 Å². The van der Waals surface area contributed by atoms with Crippen LogP contribution in [0, 0.1) is 0 Å². The number of benzene rings is 3. The van der Waals surface area contributed by atoms with Crippen molar-refractivity contribution in [3.05, 3.63) is 82.4 Å². The normalized spacial score (nSPS) is 11.5. The fourth-order valence-electron chi connectivity index (χ4n) is 6.04. The monoisotopic (exact) mass is 742 g/mol. The van der Waals surface area contributed by atoms with Crippen molar-refractivity contribution in [2.24, 2.45) is 9.98 Å². The largest absolute Gasteiger partial charge is 0.504 e. The number of unbranched alkanes of at least 4 members (excludes halogenated alkanes) is 6. The van der Waals surface area contributed by atoms with E-state index in [0.717, 1.165) is 74.7 Å². The average Bonchev–Trinajstić information content (AvgIpc) is 3.12. The zero-order chi connectivity index (χ0) is 36.7. The van der Waals surface area contributed by atoms with Gasteiger partial charge in [0, 0.05) is 16.5 Å². The van der Waals surface area contributed by atoms with E-state index < -0.39 is 11.7 Å². The van der Waals surface area contributed by atoms with Crippen molar-refractivity contribution in [1.29, 1.82) is 0 Å². The first kappa shape index (κ1) is 45.6. The minimum Gasteiger partial charge on any atom is -0.504 e. The third kappa shape index (κ3) is 15.4. The third-order valence-electron chi connectivity index (χ3n) is 9.07. The molecule has 0 spiro atoms. The van der Waals surface area contributed by atoms with Crippen LogP contribution in [0.25, 0.3) is 0 Å². The van der Waals surface area contributed by atoms with Gasteiger partial charge in [0.2, 0.25) is 0 Å². The molecule has 0 aliphatic heterocycles. The SMILES string of the molecule is CCCCC(=Nc1ccccc1CCCC)C(CCCC)=Nc1ccccc1CCCC.CCCCCc1c(CC)cc(O)c(O)c1C(=O)O.[Ni]. The molecule has 7 heteroatoms. The molecule has 0 heterocycles. The zero-order valence-corrected chi connectivity index (χ0v) is 33.2. The molecule has 0 saturated heterocycles. The van der Waals surface area contributed by atoms with Crippen LogP contribution >= 0.6 is 0 Å². The Balaban J connectivity index is 0.000000582. The van der Waals surface area contributed by atoms with Crippen LogP contribution < -0.4 is 0 Å². The van der Waals surface area contributed by atoms with Crippen LogP contribution in [0.3, 0.4) is 0 Å². The molecule has 0 aliphatic carbocycles. The number of phenols is 2. The molecule has 6 nitrogen and oxygen atoms in total. The smallest absolute Gasteiger partial charge is 0.339 e. The van der Waals surface area contributed by atoms with E-state index >= 15 is 0 Å². The van der Waals surface area contributed by atoms with Gasteiger partial charge in [-0.2, -0.15) is 0 Å². The number of hydrogen-bond donors (Lipinski definition) is 3. The van der Waals surface area contributed by atoms with Crippen LogP contribution in [0.2, 0.25) is 0 Å². The summed E-state index contributed by atoms with van der Waals surface area (Å²) < 4.78 is 0. The summed E-state index contributed by atoms with van der Waals surface area (Å²) in [7, 11) is 0. The Morgan fingerprint density at radius 2 is 1.04 bits per heavy atom. The number of aliphatic imine (C=N–C) groups is 2. The van der Waals surface area contributed by atoms with Gasteiger partial charge in [-0.25, -0.2) is 4.79 Å². The van der Waals surface area contributed by atoms with Gasteiger partial charge in [-0.3, -0.25) is 9.98 Å². The molecule has 0 fully saturated rings. The van der Waals surface area contributed by atoms with E-state index in [1.165, 1.54) is 67.1 Å². The number of phenolic OH excluding ortho intramolecular Hbond substituents is 1. The minimum atomic E-state index is -1.19. The van der Waals surface area contributed by atoms with Gasteiger partial charge < -0.3 is 15.3 Å². The Hall–Kier alpha value is -3.44. The van der Waals surface area contributed by atoms with Crippen LogP contribution in [0.5, 0.6) is 11.5 Å². The number of aromatic carboxylic acids is 1. The van der Waals surface area contributed by atoms with Gasteiger partial charge in [0.25, 0.3) is 0 Å². The first-order chi connectivity index (χ1) is 24.3. The van der Waals surface area contributed by atoms with E-state index in [9.17, 15) is 20.1 Å². The van der Waals surface area contributed by atoms with Crippen molar-refractivity contribution in [2.45, 2.75) is 151 Å². The van der Waals surface area contributed by atoms with Gasteiger partial charge in [-0.05, 0) is 111 Å². The second kappa shape index (κ2) is 26.4. The zero-order valence-electron chi connectivity index (χ0n) is 32.2. The van der Waals surface area contributed by atoms with Gasteiger partial charge in [0.15, 0.2) is 11.5 Å². The second-order valence-electron chi connectivity index (χ2n) is 13.2. The fraction of sp³-hybridized carbons (Fsp3) is 0.523. The summed E-state index contributed by atoms with van der Waals surface area (Å²) in [6.45, 7) is 13.0. The number of aryl methyl sites for hydroxylation is 3. The molecule has 0 aliphatic rings. The van der Waals surface area contributed by atoms with E-state index in [2.05, 4.69) is 83.1 Å². The van der Waals surface area contributed by atoms with Gasteiger partial charge in [0.05, 0.1) is 22.8 Å². The fourth-order valence-corrected chi connectivity index (χ4v) is 6.04. The van der Waals surface area contributed by atoms with Crippen molar-refractivity contribution in [3.63, 3.8) is 0 Å². The quantitative estimate of drug-likeness (QED) is 0.0437. The molecule has 0 bridgehead atoms. The first-order valence-electron chi connectivity index (χ1n) is 19.4. The summed E-state index contributed by atoms with van der Waals surface area (Å²) in [5.41, 5.74) is 8.66. The van der Waals surface area contributed by atoms with E-state index in [1.54, 1.807) is 0 Å². The van der Waals surface area contributed by atoms with E-state index in [-0.39, 0.29) is 27.8 Å². The number of para-hydroxylation sites is 2. The molecular formula is C44H64N2NiO4. The van der Waals surface area contributed by atoms with Gasteiger partial charge in [0.1, 0.15) is 5.56 Å². The summed E-state index contributed by atoms with van der Waals surface area (Å²) in [6.07, 6.45) is 17.9.